The predicted octanol–water partition coefficient (Wildman–Crippen LogP) is 3.28. The van der Waals surface area contributed by atoms with Crippen LogP contribution in [0.25, 0.3) is 0 Å². The quantitative estimate of drug-likeness (QED) is 0.859. The van der Waals surface area contributed by atoms with Gasteiger partial charge in [-0.05, 0) is 37.8 Å². The third kappa shape index (κ3) is 3.27. The lowest BCUT2D eigenvalue weighted by Crippen LogP contribution is -2.46. The Morgan fingerprint density at radius 1 is 1.23 bits per heavy atom. The van der Waals surface area contributed by atoms with Gasteiger partial charge in [-0.15, -0.1) is 0 Å². The summed E-state index contributed by atoms with van der Waals surface area (Å²) in [4.78, 5) is 25.3. The van der Waals surface area contributed by atoms with Crippen LogP contribution in [0.4, 0.5) is 13.6 Å². The van der Waals surface area contributed by atoms with E-state index in [0.717, 1.165) is 18.9 Å². The number of likely N-dealkylation sites (tertiary alicyclic amines) is 1. The van der Waals surface area contributed by atoms with Crippen molar-refractivity contribution in [3.8, 4) is 0 Å². The molecule has 1 aliphatic carbocycles. The highest BCUT2D eigenvalue weighted by molar-refractivity contribution is 5.79. The van der Waals surface area contributed by atoms with Crippen molar-refractivity contribution in [3.05, 3.63) is 35.4 Å². The van der Waals surface area contributed by atoms with Crippen molar-refractivity contribution < 1.29 is 23.5 Å². The van der Waals surface area contributed by atoms with E-state index in [1.54, 1.807) is 13.0 Å². The van der Waals surface area contributed by atoms with Crippen LogP contribution < -0.4 is 5.32 Å². The van der Waals surface area contributed by atoms with E-state index < -0.39 is 28.4 Å². The maximum absolute atomic E-state index is 14.4. The lowest BCUT2D eigenvalue weighted by Gasteiger charge is -2.31. The van der Waals surface area contributed by atoms with Crippen LogP contribution in [0.2, 0.25) is 0 Å². The van der Waals surface area contributed by atoms with Gasteiger partial charge in [0.2, 0.25) is 0 Å². The molecule has 1 aromatic carbocycles. The fourth-order valence-electron chi connectivity index (χ4n) is 4.17. The van der Waals surface area contributed by atoms with Crippen molar-refractivity contribution in [2.45, 2.75) is 44.4 Å². The topological polar surface area (TPSA) is 69.6 Å². The number of urea groups is 1. The van der Waals surface area contributed by atoms with Gasteiger partial charge in [-0.2, -0.15) is 0 Å². The van der Waals surface area contributed by atoms with Crippen LogP contribution in [0.15, 0.2) is 18.2 Å². The molecule has 3 rings (SSSR count). The average molecular weight is 366 g/mol. The molecule has 1 aromatic rings. The van der Waals surface area contributed by atoms with Gasteiger partial charge in [-0.1, -0.05) is 25.0 Å². The molecule has 1 aliphatic heterocycles. The van der Waals surface area contributed by atoms with Gasteiger partial charge >= 0.3 is 12.0 Å². The normalized spacial score (nSPS) is 24.7. The molecule has 1 unspecified atom stereocenters. The number of carbonyl (C=O) groups is 2. The summed E-state index contributed by atoms with van der Waals surface area (Å²) in [5, 5.41) is 12.1. The first-order chi connectivity index (χ1) is 12.3. The van der Waals surface area contributed by atoms with Gasteiger partial charge in [0.25, 0.3) is 0 Å². The molecule has 1 saturated heterocycles. The molecule has 5 nitrogen and oxygen atoms in total. The molecule has 1 saturated carbocycles. The second kappa shape index (κ2) is 6.85. The number of amides is 2. The van der Waals surface area contributed by atoms with Crippen LogP contribution in [0.5, 0.6) is 0 Å². The lowest BCUT2D eigenvalue weighted by molar-refractivity contribution is -0.147. The van der Waals surface area contributed by atoms with Crippen molar-refractivity contribution >= 4 is 12.0 Å². The summed E-state index contributed by atoms with van der Waals surface area (Å²) in [6, 6.07) is 3.83. The number of hydrogen-bond acceptors (Lipinski definition) is 2. The number of halogens is 2. The van der Waals surface area contributed by atoms with E-state index in [1.165, 1.54) is 11.0 Å². The third-order valence-electron chi connectivity index (χ3n) is 5.94. The molecule has 2 N–H and O–H groups in total. The van der Waals surface area contributed by atoms with E-state index in [9.17, 15) is 23.5 Å². The van der Waals surface area contributed by atoms with Gasteiger partial charge in [0, 0.05) is 25.0 Å². The zero-order valence-electron chi connectivity index (χ0n) is 14.9. The summed E-state index contributed by atoms with van der Waals surface area (Å²) in [5.41, 5.74) is -1.23. The molecule has 1 atom stereocenters. The van der Waals surface area contributed by atoms with Crippen LogP contribution in [0, 0.1) is 17.0 Å². The summed E-state index contributed by atoms with van der Waals surface area (Å²) < 4.78 is 28.0. The van der Waals surface area contributed by atoms with Gasteiger partial charge in [0.1, 0.15) is 0 Å². The van der Waals surface area contributed by atoms with Crippen molar-refractivity contribution in [1.82, 2.24) is 10.2 Å². The first kappa shape index (κ1) is 18.6. The van der Waals surface area contributed by atoms with E-state index >= 15 is 0 Å². The highest BCUT2D eigenvalue weighted by atomic mass is 19.2. The second-order valence-corrected chi connectivity index (χ2v) is 7.78. The zero-order valence-corrected chi connectivity index (χ0v) is 14.9. The Kier molecular flexibility index (Phi) is 4.90. The van der Waals surface area contributed by atoms with Gasteiger partial charge in [0.15, 0.2) is 11.6 Å². The number of carbonyl (C=O) groups excluding carboxylic acids is 1. The molecule has 0 bridgehead atoms. The van der Waals surface area contributed by atoms with Crippen LogP contribution >= 0.6 is 0 Å². The van der Waals surface area contributed by atoms with E-state index in [4.69, 9.17) is 0 Å². The van der Waals surface area contributed by atoms with Crippen LogP contribution in [0.3, 0.4) is 0 Å². The Labute approximate surface area is 151 Å². The van der Waals surface area contributed by atoms with Crippen molar-refractivity contribution in [2.24, 2.45) is 5.41 Å². The number of carboxylic acid groups (broad SMARTS) is 1. The van der Waals surface area contributed by atoms with Crippen molar-refractivity contribution in [1.29, 1.82) is 0 Å². The smallest absolute Gasteiger partial charge is 0.317 e. The van der Waals surface area contributed by atoms with Crippen LogP contribution in [-0.2, 0) is 10.2 Å². The fraction of sp³-hybridized carbons (Fsp3) is 0.579. The second-order valence-electron chi connectivity index (χ2n) is 7.78. The fourth-order valence-corrected chi connectivity index (χ4v) is 4.17. The molecule has 7 heteroatoms. The van der Waals surface area contributed by atoms with E-state index in [1.807, 2.05) is 0 Å². The molecule has 2 fully saturated rings. The molecule has 0 radical (unpaired) electrons. The van der Waals surface area contributed by atoms with Crippen LogP contribution in [-0.4, -0.2) is 41.6 Å². The molecule has 0 aromatic heterocycles. The maximum atomic E-state index is 14.4. The molecule has 142 valence electrons. The Bertz CT molecular complexity index is 719. The Balaban J connectivity index is 1.71. The molecule has 26 heavy (non-hydrogen) atoms. The molecular formula is C19H24F2N2O3. The number of rotatable bonds is 4. The number of carboxylic acids is 1. The number of benzene rings is 1. The van der Waals surface area contributed by atoms with Gasteiger partial charge in [0.05, 0.1) is 5.41 Å². The molecule has 0 spiro atoms. The highest BCUT2D eigenvalue weighted by Gasteiger charge is 2.43. The summed E-state index contributed by atoms with van der Waals surface area (Å²) >= 11 is 0. The van der Waals surface area contributed by atoms with E-state index in [0.29, 0.717) is 31.4 Å². The van der Waals surface area contributed by atoms with Gasteiger partial charge in [-0.25, -0.2) is 13.6 Å². The molecule has 1 heterocycles. The maximum Gasteiger partial charge on any atom is 0.317 e. The Morgan fingerprint density at radius 2 is 1.92 bits per heavy atom. The average Bonchev–Trinajstić information content (AvgIpc) is 3.24. The lowest BCUT2D eigenvalue weighted by atomic mass is 9.78. The predicted molar refractivity (Wildman–Crippen MR) is 91.8 cm³/mol. The number of hydrogen-bond donors (Lipinski definition) is 2. The number of aliphatic carboxylic acids is 1. The summed E-state index contributed by atoms with van der Waals surface area (Å²) in [5.74, 6) is -2.64. The van der Waals surface area contributed by atoms with Crippen LogP contribution in [0.1, 0.15) is 44.6 Å². The number of nitrogens with zero attached hydrogens (tertiary/aromatic N) is 1. The summed E-state index contributed by atoms with van der Waals surface area (Å²) in [7, 11) is 0. The highest BCUT2D eigenvalue weighted by Crippen LogP contribution is 2.42. The Morgan fingerprint density at radius 3 is 2.54 bits per heavy atom. The Hall–Kier alpha value is -2.18. The molecular weight excluding hydrogens is 342 g/mol. The zero-order chi connectivity index (χ0) is 18.9. The summed E-state index contributed by atoms with van der Waals surface area (Å²) in [6.45, 7) is 2.36. The van der Waals surface area contributed by atoms with E-state index in [-0.39, 0.29) is 19.1 Å². The number of nitrogens with one attached hydrogen (secondary N) is 1. The SMILES string of the molecule is CC1(C(=O)O)CCN(C(=O)NCC2(c3cccc(F)c3F)CCCC2)C1. The van der Waals surface area contributed by atoms with Gasteiger partial charge in [-0.3, -0.25) is 4.79 Å². The van der Waals surface area contributed by atoms with Crippen molar-refractivity contribution in [3.63, 3.8) is 0 Å². The minimum Gasteiger partial charge on any atom is -0.481 e. The van der Waals surface area contributed by atoms with E-state index in [2.05, 4.69) is 5.32 Å². The molecule has 2 amide bonds. The minimum atomic E-state index is -0.933. The monoisotopic (exact) mass is 366 g/mol. The van der Waals surface area contributed by atoms with Gasteiger partial charge < -0.3 is 15.3 Å². The minimum absolute atomic E-state index is 0.148. The first-order valence-corrected chi connectivity index (χ1v) is 8.98. The largest absolute Gasteiger partial charge is 0.481 e. The molecule has 2 aliphatic rings. The standard InChI is InChI=1S/C19H24F2N2O3/c1-18(16(24)25)9-10-23(12-18)17(26)22-11-19(7-2-3-8-19)13-5-4-6-14(20)15(13)21/h4-6H,2-3,7-12H2,1H3,(H,22,26)(H,24,25). The van der Waals surface area contributed by atoms with Crippen molar-refractivity contribution in [2.75, 3.05) is 19.6 Å². The first-order valence-electron chi connectivity index (χ1n) is 8.98. The summed E-state index contributed by atoms with van der Waals surface area (Å²) in [6.07, 6.45) is 3.56. The third-order valence-corrected chi connectivity index (χ3v) is 5.94.